The summed E-state index contributed by atoms with van der Waals surface area (Å²) >= 11 is 0. The zero-order chi connectivity index (χ0) is 10.5. The number of amides is 1. The fourth-order valence-corrected chi connectivity index (χ4v) is 2.71. The lowest BCUT2D eigenvalue weighted by Crippen LogP contribution is -3.22. The van der Waals surface area contributed by atoms with Crippen LogP contribution in [-0.4, -0.2) is 31.6 Å². The summed E-state index contributed by atoms with van der Waals surface area (Å²) in [5.41, 5.74) is 0. The minimum Gasteiger partial charge on any atom is -0.317 e. The van der Waals surface area contributed by atoms with E-state index in [1.54, 1.807) is 0 Å². The second-order valence-electron chi connectivity index (χ2n) is 4.91. The summed E-state index contributed by atoms with van der Waals surface area (Å²) in [6, 6.07) is 0.738. The summed E-state index contributed by atoms with van der Waals surface area (Å²) in [5, 5.41) is 3.35. The van der Waals surface area contributed by atoms with Gasteiger partial charge in [0.15, 0.2) is 0 Å². The maximum atomic E-state index is 10.7. The van der Waals surface area contributed by atoms with Gasteiger partial charge < -0.3 is 5.32 Å². The highest BCUT2D eigenvalue weighted by atomic mass is 16.2. The van der Waals surface area contributed by atoms with Crippen LogP contribution in [0.3, 0.4) is 0 Å². The van der Waals surface area contributed by atoms with E-state index in [-0.39, 0.29) is 0 Å². The Labute approximate surface area is 92.2 Å². The molecule has 3 heteroatoms. The lowest BCUT2D eigenvalue weighted by Gasteiger charge is -2.26. The minimum absolute atomic E-state index is 0.451. The van der Waals surface area contributed by atoms with Crippen LogP contribution in [0.1, 0.15) is 44.9 Å². The largest absolute Gasteiger partial charge is 0.318 e. The molecule has 1 amide bonds. The van der Waals surface area contributed by atoms with E-state index < -0.39 is 0 Å². The Morgan fingerprint density at radius 2 is 1.80 bits per heavy atom. The number of carbonyl (C=O) groups is 1. The molecule has 3 rings (SSSR count). The highest BCUT2D eigenvalue weighted by Crippen LogP contribution is 2.10. The number of hydrogen-bond donors (Lipinski definition) is 2. The van der Waals surface area contributed by atoms with Gasteiger partial charge in [0.25, 0.3) is 0 Å². The maximum absolute atomic E-state index is 10.7. The van der Waals surface area contributed by atoms with Gasteiger partial charge >= 0.3 is 5.91 Å². The van der Waals surface area contributed by atoms with Crippen LogP contribution in [0.5, 0.6) is 0 Å². The lowest BCUT2D eigenvalue weighted by atomic mass is 10.0. The first kappa shape index (κ1) is 11.1. The number of rotatable bonds is 0. The standard InChI is InChI=1S/C6H9NO.C6H13N/c8-6-4-5-2-1-3-7(5)6;1-2-4-6-7-5-3-1/h5H,1-4H2;7H,1-6H2/p+1. The molecule has 3 aliphatic heterocycles. The summed E-state index contributed by atoms with van der Waals surface area (Å²) in [6.07, 6.45) is 9.09. The predicted octanol–water partition coefficient (Wildman–Crippen LogP) is 0.114. The van der Waals surface area contributed by atoms with Crippen molar-refractivity contribution in [1.82, 2.24) is 5.32 Å². The third-order valence-electron chi connectivity index (χ3n) is 3.74. The topological polar surface area (TPSA) is 33.5 Å². The molecule has 0 spiro atoms. The number of fused-ring (bicyclic) bond motifs is 1. The van der Waals surface area contributed by atoms with E-state index >= 15 is 0 Å². The highest BCUT2D eigenvalue weighted by Gasteiger charge is 2.45. The molecule has 86 valence electrons. The molecule has 2 N–H and O–H groups in total. The second kappa shape index (κ2) is 5.61. The lowest BCUT2D eigenvalue weighted by molar-refractivity contribution is -0.863. The van der Waals surface area contributed by atoms with Gasteiger partial charge in [-0.1, -0.05) is 12.8 Å². The molecule has 2 atom stereocenters. The Morgan fingerprint density at radius 3 is 2.33 bits per heavy atom. The van der Waals surface area contributed by atoms with Crippen LogP contribution in [-0.2, 0) is 4.79 Å². The second-order valence-corrected chi connectivity index (χ2v) is 4.91. The van der Waals surface area contributed by atoms with Crippen LogP contribution >= 0.6 is 0 Å². The molecule has 15 heavy (non-hydrogen) atoms. The molecular weight excluding hydrogens is 188 g/mol. The Balaban J connectivity index is 0.000000115. The van der Waals surface area contributed by atoms with Gasteiger partial charge in [-0.2, -0.15) is 0 Å². The minimum atomic E-state index is 0.451. The Hall–Kier alpha value is -0.410. The molecule has 0 aliphatic carbocycles. The summed E-state index contributed by atoms with van der Waals surface area (Å²) in [5.74, 6) is 0.451. The van der Waals surface area contributed by atoms with Crippen molar-refractivity contribution in [3.63, 3.8) is 0 Å². The zero-order valence-corrected chi connectivity index (χ0v) is 9.56. The fourth-order valence-electron chi connectivity index (χ4n) is 2.71. The summed E-state index contributed by atoms with van der Waals surface area (Å²) in [7, 11) is 0. The van der Waals surface area contributed by atoms with Crippen LogP contribution in [0.2, 0.25) is 0 Å². The predicted molar refractivity (Wildman–Crippen MR) is 59.8 cm³/mol. The summed E-state index contributed by atoms with van der Waals surface area (Å²) < 4.78 is 0. The van der Waals surface area contributed by atoms with Crippen LogP contribution in [0, 0.1) is 0 Å². The fraction of sp³-hybridized carbons (Fsp3) is 0.917. The number of hydrogen-bond acceptors (Lipinski definition) is 2. The van der Waals surface area contributed by atoms with Gasteiger partial charge in [-0.3, -0.25) is 4.90 Å². The van der Waals surface area contributed by atoms with Gasteiger partial charge in [0.05, 0.1) is 6.54 Å². The quantitative estimate of drug-likeness (QED) is 0.558. The van der Waals surface area contributed by atoms with Crippen LogP contribution in [0.25, 0.3) is 0 Å². The molecular formula is C12H23N2O+. The van der Waals surface area contributed by atoms with E-state index in [4.69, 9.17) is 0 Å². The van der Waals surface area contributed by atoms with Crippen LogP contribution in [0.15, 0.2) is 0 Å². The van der Waals surface area contributed by atoms with Gasteiger partial charge in [0.2, 0.25) is 0 Å². The molecule has 0 saturated carbocycles. The van der Waals surface area contributed by atoms with Gasteiger partial charge in [0.1, 0.15) is 12.5 Å². The monoisotopic (exact) mass is 211 g/mol. The molecule has 0 bridgehead atoms. The third-order valence-corrected chi connectivity index (χ3v) is 3.74. The average molecular weight is 211 g/mol. The maximum Gasteiger partial charge on any atom is 0.318 e. The molecule has 3 fully saturated rings. The molecule has 0 aromatic rings. The van der Waals surface area contributed by atoms with E-state index in [1.807, 2.05) is 0 Å². The molecule has 0 radical (unpaired) electrons. The Morgan fingerprint density at radius 1 is 1.07 bits per heavy atom. The molecule has 3 saturated heterocycles. The van der Waals surface area contributed by atoms with E-state index in [2.05, 4.69) is 5.32 Å². The van der Waals surface area contributed by atoms with Crippen LogP contribution in [0.4, 0.5) is 0 Å². The number of β-lactam (4-membered cyclic amide) rings is 1. The molecule has 2 unspecified atom stereocenters. The van der Waals surface area contributed by atoms with Crippen molar-refractivity contribution in [3.8, 4) is 0 Å². The van der Waals surface area contributed by atoms with Crippen molar-refractivity contribution >= 4 is 5.91 Å². The smallest absolute Gasteiger partial charge is 0.317 e. The van der Waals surface area contributed by atoms with Crippen molar-refractivity contribution < 1.29 is 9.69 Å². The van der Waals surface area contributed by atoms with Gasteiger partial charge in [-0.15, -0.1) is 0 Å². The van der Waals surface area contributed by atoms with Crippen molar-refractivity contribution in [2.24, 2.45) is 0 Å². The van der Waals surface area contributed by atoms with Crippen molar-refractivity contribution in [2.45, 2.75) is 51.0 Å². The van der Waals surface area contributed by atoms with Crippen LogP contribution < -0.4 is 10.2 Å². The number of nitrogens with one attached hydrogen (secondary N) is 2. The first-order valence-electron chi connectivity index (χ1n) is 6.47. The molecule has 0 aromatic heterocycles. The van der Waals surface area contributed by atoms with E-state index in [0.29, 0.717) is 5.91 Å². The van der Waals surface area contributed by atoms with E-state index in [9.17, 15) is 4.79 Å². The molecule has 3 nitrogen and oxygen atoms in total. The first-order chi connectivity index (χ1) is 7.38. The Bertz CT molecular complexity index is 198. The summed E-state index contributed by atoms with van der Waals surface area (Å²) in [6.45, 7) is 3.61. The molecule has 3 aliphatic rings. The van der Waals surface area contributed by atoms with Crippen molar-refractivity contribution in [1.29, 1.82) is 0 Å². The summed E-state index contributed by atoms with van der Waals surface area (Å²) in [4.78, 5) is 11.9. The normalized spacial score (nSPS) is 34.5. The van der Waals surface area contributed by atoms with Crippen molar-refractivity contribution in [3.05, 3.63) is 0 Å². The van der Waals surface area contributed by atoms with Gasteiger partial charge in [-0.25, -0.2) is 4.79 Å². The first-order valence-corrected chi connectivity index (χ1v) is 6.47. The van der Waals surface area contributed by atoms with Gasteiger partial charge in [-0.05, 0) is 25.9 Å². The number of carbonyl (C=O) groups excluding carboxylic acids is 1. The highest BCUT2D eigenvalue weighted by molar-refractivity contribution is 5.72. The van der Waals surface area contributed by atoms with Crippen molar-refractivity contribution in [2.75, 3.05) is 19.6 Å². The average Bonchev–Trinajstić information content (AvgIpc) is 2.46. The van der Waals surface area contributed by atoms with E-state index in [0.717, 1.165) is 19.0 Å². The molecule has 3 heterocycles. The number of quaternary nitrogens is 1. The third kappa shape index (κ3) is 3.02. The van der Waals surface area contributed by atoms with Gasteiger partial charge in [0, 0.05) is 12.8 Å². The SMILES string of the molecule is C1CCCNCC1.O=C1CC2CCC[NH+]12. The molecule has 0 aromatic carbocycles. The zero-order valence-electron chi connectivity index (χ0n) is 9.56. The van der Waals surface area contributed by atoms with E-state index in [1.165, 1.54) is 56.5 Å². The Kier molecular flexibility index (Phi) is 4.15.